The second-order valence-electron chi connectivity index (χ2n) is 3.44. The summed E-state index contributed by atoms with van der Waals surface area (Å²) < 4.78 is 25.9. The molecule has 2 heterocycles. The molecule has 0 bridgehead atoms. The Labute approximate surface area is 99.1 Å². The molecule has 2 N–H and O–H groups in total. The molecule has 90 valence electrons. The quantitative estimate of drug-likeness (QED) is 0.802. The lowest BCUT2D eigenvalue weighted by atomic mass is 10.2. The van der Waals surface area contributed by atoms with Crippen LogP contribution in [-0.2, 0) is 16.4 Å². The molecule has 0 aromatic carbocycles. The summed E-state index contributed by atoms with van der Waals surface area (Å²) >= 11 is 0. The van der Waals surface area contributed by atoms with Crippen molar-refractivity contribution < 1.29 is 8.42 Å². The molecule has 0 atom stereocenters. The number of hydrogen-bond donors (Lipinski definition) is 2. The Morgan fingerprint density at radius 1 is 1.29 bits per heavy atom. The van der Waals surface area contributed by atoms with E-state index in [1.54, 1.807) is 12.4 Å². The van der Waals surface area contributed by atoms with E-state index in [2.05, 4.69) is 19.9 Å². The van der Waals surface area contributed by atoms with Crippen molar-refractivity contribution in [2.45, 2.75) is 11.3 Å². The first-order chi connectivity index (χ1) is 8.18. The van der Waals surface area contributed by atoms with Crippen LogP contribution >= 0.6 is 0 Å². The van der Waals surface area contributed by atoms with Gasteiger partial charge in [0.1, 0.15) is 4.90 Å². The summed E-state index contributed by atoms with van der Waals surface area (Å²) in [4.78, 5) is 4.04. The normalized spacial score (nSPS) is 11.5. The van der Waals surface area contributed by atoms with E-state index < -0.39 is 10.0 Å². The summed E-state index contributed by atoms with van der Waals surface area (Å²) in [6, 6.07) is 3.71. The average molecular weight is 252 g/mol. The first-order valence-electron chi connectivity index (χ1n) is 5.06. The Kier molecular flexibility index (Phi) is 3.50. The van der Waals surface area contributed by atoms with Gasteiger partial charge in [0, 0.05) is 25.1 Å². The molecular formula is C10H12N4O2S. The molecule has 0 radical (unpaired) electrons. The van der Waals surface area contributed by atoms with E-state index >= 15 is 0 Å². The molecule has 7 heteroatoms. The zero-order valence-corrected chi connectivity index (χ0v) is 9.81. The Morgan fingerprint density at radius 2 is 2.06 bits per heavy atom. The van der Waals surface area contributed by atoms with Crippen molar-refractivity contribution in [3.8, 4) is 0 Å². The minimum atomic E-state index is -3.45. The van der Waals surface area contributed by atoms with Crippen molar-refractivity contribution >= 4 is 10.0 Å². The zero-order chi connectivity index (χ0) is 12.1. The Hall–Kier alpha value is -1.73. The van der Waals surface area contributed by atoms with E-state index in [1.165, 1.54) is 12.4 Å². The molecule has 17 heavy (non-hydrogen) atoms. The van der Waals surface area contributed by atoms with Gasteiger partial charge in [-0.05, 0) is 24.1 Å². The summed E-state index contributed by atoms with van der Waals surface area (Å²) in [5.74, 6) is 0. The van der Waals surface area contributed by atoms with E-state index in [9.17, 15) is 8.42 Å². The standard InChI is InChI=1S/C10H12N4O2S/c15-17(16,10-7-12-13-8-10)14-6-3-9-1-4-11-5-2-9/h1-2,4-5,7-8,14H,3,6H2,(H,12,13). The lowest BCUT2D eigenvalue weighted by Gasteiger charge is -2.04. The van der Waals surface area contributed by atoms with Crippen LogP contribution in [0.25, 0.3) is 0 Å². The number of aromatic amines is 1. The molecule has 0 aliphatic rings. The second kappa shape index (κ2) is 5.07. The lowest BCUT2D eigenvalue weighted by molar-refractivity contribution is 0.581. The highest BCUT2D eigenvalue weighted by atomic mass is 32.2. The number of nitrogens with zero attached hydrogens (tertiary/aromatic N) is 2. The van der Waals surface area contributed by atoms with Crippen LogP contribution in [0.5, 0.6) is 0 Å². The third-order valence-electron chi connectivity index (χ3n) is 2.24. The molecule has 6 nitrogen and oxygen atoms in total. The number of hydrogen-bond acceptors (Lipinski definition) is 4. The van der Waals surface area contributed by atoms with Gasteiger partial charge in [-0.3, -0.25) is 10.1 Å². The molecule has 0 amide bonds. The fraction of sp³-hybridized carbons (Fsp3) is 0.200. The van der Waals surface area contributed by atoms with Gasteiger partial charge in [-0.1, -0.05) is 0 Å². The van der Waals surface area contributed by atoms with Crippen LogP contribution in [0.3, 0.4) is 0 Å². The van der Waals surface area contributed by atoms with Crippen LogP contribution in [0.1, 0.15) is 5.56 Å². The number of rotatable bonds is 5. The fourth-order valence-electron chi connectivity index (χ4n) is 1.35. The summed E-state index contributed by atoms with van der Waals surface area (Å²) in [6.45, 7) is 0.345. The molecule has 0 aliphatic heterocycles. The van der Waals surface area contributed by atoms with Gasteiger partial charge < -0.3 is 0 Å². The summed E-state index contributed by atoms with van der Waals surface area (Å²) in [7, 11) is -3.45. The third-order valence-corrected chi connectivity index (χ3v) is 3.67. The van der Waals surface area contributed by atoms with Crippen LogP contribution < -0.4 is 4.72 Å². The molecule has 0 fully saturated rings. The highest BCUT2D eigenvalue weighted by molar-refractivity contribution is 7.89. The van der Waals surface area contributed by atoms with Gasteiger partial charge in [-0.2, -0.15) is 5.10 Å². The number of H-pyrrole nitrogens is 1. The molecule has 0 unspecified atom stereocenters. The van der Waals surface area contributed by atoms with Gasteiger partial charge >= 0.3 is 0 Å². The van der Waals surface area contributed by atoms with Gasteiger partial charge in [0.15, 0.2) is 0 Å². The summed E-state index contributed by atoms with van der Waals surface area (Å²) in [5.41, 5.74) is 1.04. The Balaban J connectivity index is 1.91. The van der Waals surface area contributed by atoms with Crippen molar-refractivity contribution in [2.24, 2.45) is 0 Å². The Bertz CT molecular complexity index is 551. The molecule has 0 spiro atoms. The number of sulfonamides is 1. The number of pyridine rings is 1. The van der Waals surface area contributed by atoms with Crippen molar-refractivity contribution in [3.63, 3.8) is 0 Å². The van der Waals surface area contributed by atoms with Gasteiger partial charge in [-0.25, -0.2) is 13.1 Å². The molecule has 2 aromatic rings. The predicted molar refractivity (Wildman–Crippen MR) is 61.7 cm³/mol. The third kappa shape index (κ3) is 3.11. The lowest BCUT2D eigenvalue weighted by Crippen LogP contribution is -2.25. The maximum absolute atomic E-state index is 11.7. The van der Waals surface area contributed by atoms with Gasteiger partial charge in [-0.15, -0.1) is 0 Å². The smallest absolute Gasteiger partial charge is 0.243 e. The van der Waals surface area contributed by atoms with E-state index in [0.29, 0.717) is 13.0 Å². The van der Waals surface area contributed by atoms with Crippen LogP contribution in [-0.4, -0.2) is 30.1 Å². The Morgan fingerprint density at radius 3 is 2.71 bits per heavy atom. The summed E-state index contributed by atoms with van der Waals surface area (Å²) in [6.07, 6.45) is 6.60. The average Bonchev–Trinajstić information content (AvgIpc) is 2.84. The van der Waals surface area contributed by atoms with Crippen LogP contribution in [0, 0.1) is 0 Å². The van der Waals surface area contributed by atoms with Crippen molar-refractivity contribution in [2.75, 3.05) is 6.54 Å². The monoisotopic (exact) mass is 252 g/mol. The van der Waals surface area contributed by atoms with Crippen LogP contribution in [0.4, 0.5) is 0 Å². The maximum Gasteiger partial charge on any atom is 0.243 e. The largest absolute Gasteiger partial charge is 0.284 e. The van der Waals surface area contributed by atoms with E-state index in [0.717, 1.165) is 5.56 Å². The zero-order valence-electron chi connectivity index (χ0n) is 9.00. The topological polar surface area (TPSA) is 87.7 Å². The number of nitrogens with one attached hydrogen (secondary N) is 2. The molecule has 0 saturated heterocycles. The van der Waals surface area contributed by atoms with Crippen molar-refractivity contribution in [1.29, 1.82) is 0 Å². The highest BCUT2D eigenvalue weighted by Gasteiger charge is 2.13. The summed E-state index contributed by atoms with van der Waals surface area (Å²) in [5, 5.41) is 6.07. The van der Waals surface area contributed by atoms with Gasteiger partial charge in [0.2, 0.25) is 10.0 Å². The SMILES string of the molecule is O=S(=O)(NCCc1ccncc1)c1cn[nH]c1. The van der Waals surface area contributed by atoms with Crippen molar-refractivity contribution in [3.05, 3.63) is 42.5 Å². The molecule has 2 aromatic heterocycles. The minimum absolute atomic E-state index is 0.146. The van der Waals surface area contributed by atoms with Gasteiger partial charge in [0.25, 0.3) is 0 Å². The molecular weight excluding hydrogens is 240 g/mol. The molecule has 0 aliphatic carbocycles. The highest BCUT2D eigenvalue weighted by Crippen LogP contribution is 2.04. The van der Waals surface area contributed by atoms with E-state index in [1.807, 2.05) is 12.1 Å². The van der Waals surface area contributed by atoms with Crippen LogP contribution in [0.2, 0.25) is 0 Å². The van der Waals surface area contributed by atoms with Crippen LogP contribution in [0.15, 0.2) is 41.8 Å². The molecule has 2 rings (SSSR count). The maximum atomic E-state index is 11.7. The first kappa shape index (κ1) is 11.7. The number of aromatic nitrogens is 3. The minimum Gasteiger partial charge on any atom is -0.284 e. The second-order valence-corrected chi connectivity index (χ2v) is 5.20. The van der Waals surface area contributed by atoms with Gasteiger partial charge in [0.05, 0.1) is 6.20 Å². The predicted octanol–water partition coefficient (Wildman–Crippen LogP) is 0.326. The molecule has 0 saturated carbocycles. The van der Waals surface area contributed by atoms with Crippen molar-refractivity contribution in [1.82, 2.24) is 19.9 Å². The van der Waals surface area contributed by atoms with E-state index in [-0.39, 0.29) is 4.90 Å². The fourth-order valence-corrected chi connectivity index (χ4v) is 2.29. The first-order valence-corrected chi connectivity index (χ1v) is 6.54. The van der Waals surface area contributed by atoms with E-state index in [4.69, 9.17) is 0 Å².